The van der Waals surface area contributed by atoms with Gasteiger partial charge in [-0.3, -0.25) is 9.69 Å². The Morgan fingerprint density at radius 2 is 1.93 bits per heavy atom. The summed E-state index contributed by atoms with van der Waals surface area (Å²) < 4.78 is 2.35. The van der Waals surface area contributed by atoms with Crippen LogP contribution < -0.4 is 5.32 Å². The van der Waals surface area contributed by atoms with E-state index in [-0.39, 0.29) is 11.8 Å². The lowest BCUT2D eigenvalue weighted by Crippen LogP contribution is -2.46. The maximum Gasteiger partial charge on any atom is 0.224 e. The first-order valence-corrected chi connectivity index (χ1v) is 11.1. The van der Waals surface area contributed by atoms with Gasteiger partial charge in [-0.1, -0.05) is 31.4 Å². The van der Waals surface area contributed by atoms with Gasteiger partial charge in [-0.2, -0.15) is 0 Å². The van der Waals surface area contributed by atoms with E-state index in [0.29, 0.717) is 12.1 Å². The number of carbonyl (C=O) groups is 1. The number of nitrogens with one attached hydrogen (secondary N) is 1. The average molecular weight is 383 g/mol. The Balaban J connectivity index is 1.43. The number of nitrogens with zero attached hydrogens (tertiary/aromatic N) is 3. The van der Waals surface area contributed by atoms with Crippen LogP contribution >= 0.6 is 0 Å². The van der Waals surface area contributed by atoms with Gasteiger partial charge >= 0.3 is 0 Å². The van der Waals surface area contributed by atoms with Crippen molar-refractivity contribution in [2.24, 2.45) is 5.92 Å². The third kappa shape index (κ3) is 4.24. The van der Waals surface area contributed by atoms with Crippen molar-refractivity contribution in [3.63, 3.8) is 0 Å². The van der Waals surface area contributed by atoms with E-state index in [1.807, 2.05) is 0 Å². The highest BCUT2D eigenvalue weighted by atomic mass is 16.2. The number of likely N-dealkylation sites (tertiary alicyclic amines) is 1. The molecule has 1 aliphatic heterocycles. The van der Waals surface area contributed by atoms with Crippen LogP contribution in [0.4, 0.5) is 0 Å². The predicted molar refractivity (Wildman–Crippen MR) is 113 cm³/mol. The molecule has 1 aromatic heterocycles. The molecule has 2 fully saturated rings. The van der Waals surface area contributed by atoms with E-state index >= 15 is 0 Å². The van der Waals surface area contributed by atoms with Gasteiger partial charge in [-0.25, -0.2) is 4.98 Å². The zero-order valence-corrected chi connectivity index (χ0v) is 17.4. The van der Waals surface area contributed by atoms with E-state index in [2.05, 4.69) is 52.9 Å². The minimum atomic E-state index is 0.118. The molecule has 2 aromatic rings. The first-order chi connectivity index (χ1) is 13.6. The summed E-state index contributed by atoms with van der Waals surface area (Å²) in [6.07, 6.45) is 8.24. The summed E-state index contributed by atoms with van der Waals surface area (Å²) in [5, 5.41) is 3.34. The Morgan fingerprint density at radius 1 is 1.14 bits per heavy atom. The van der Waals surface area contributed by atoms with Gasteiger partial charge in [0.2, 0.25) is 5.91 Å². The van der Waals surface area contributed by atoms with Crippen LogP contribution in [-0.4, -0.2) is 39.5 Å². The lowest BCUT2D eigenvalue weighted by molar-refractivity contribution is -0.127. The van der Waals surface area contributed by atoms with E-state index in [0.717, 1.165) is 56.7 Å². The average Bonchev–Trinajstić information content (AvgIpc) is 3.07. The van der Waals surface area contributed by atoms with Gasteiger partial charge in [0.1, 0.15) is 5.82 Å². The standard InChI is InChI=1S/C23H34N4O/c1-17(2)27-21-13-7-6-12-20(21)25-22(27)16-26-14-8-9-18(15-26)23(28)24-19-10-4-3-5-11-19/h6-7,12-13,17-19H,3-5,8-11,14-16H2,1-2H3,(H,24,28)/t18-/m1/s1. The fraction of sp³-hybridized carbons (Fsp3) is 0.652. The summed E-state index contributed by atoms with van der Waals surface area (Å²) in [6, 6.07) is 9.16. The van der Waals surface area contributed by atoms with Gasteiger partial charge in [0.25, 0.3) is 0 Å². The number of para-hydroxylation sites is 2. The third-order valence-electron chi connectivity index (χ3n) is 6.38. The van der Waals surface area contributed by atoms with Gasteiger partial charge < -0.3 is 9.88 Å². The molecule has 1 aromatic carbocycles. The topological polar surface area (TPSA) is 50.2 Å². The quantitative estimate of drug-likeness (QED) is 0.840. The summed E-state index contributed by atoms with van der Waals surface area (Å²) in [5.74, 6) is 1.51. The summed E-state index contributed by atoms with van der Waals surface area (Å²) in [6.45, 7) is 7.15. The van der Waals surface area contributed by atoms with E-state index < -0.39 is 0 Å². The van der Waals surface area contributed by atoms with Gasteiger partial charge in [0.15, 0.2) is 0 Å². The molecule has 5 nitrogen and oxygen atoms in total. The first kappa shape index (κ1) is 19.4. The van der Waals surface area contributed by atoms with Crippen molar-refractivity contribution >= 4 is 16.9 Å². The van der Waals surface area contributed by atoms with Crippen LogP contribution in [0, 0.1) is 5.92 Å². The molecule has 1 saturated heterocycles. The molecular formula is C23H34N4O. The predicted octanol–water partition coefficient (Wildman–Crippen LogP) is 4.28. The second-order valence-electron chi connectivity index (χ2n) is 8.90. The van der Waals surface area contributed by atoms with Gasteiger partial charge in [-0.15, -0.1) is 0 Å². The SMILES string of the molecule is CC(C)n1c(CN2CCC[C@@H](C(=O)NC3CCCCC3)C2)nc2ccccc21. The summed E-state index contributed by atoms with van der Waals surface area (Å²) >= 11 is 0. The molecule has 0 radical (unpaired) electrons. The first-order valence-electron chi connectivity index (χ1n) is 11.1. The monoisotopic (exact) mass is 382 g/mol. The van der Waals surface area contributed by atoms with Crippen molar-refractivity contribution in [2.45, 2.75) is 77.4 Å². The molecular weight excluding hydrogens is 348 g/mol. The maximum absolute atomic E-state index is 12.8. The molecule has 152 valence electrons. The Labute approximate surface area is 168 Å². The fourth-order valence-corrected chi connectivity index (χ4v) is 4.96. The van der Waals surface area contributed by atoms with Crippen molar-refractivity contribution in [3.8, 4) is 0 Å². The van der Waals surface area contributed by atoms with Crippen molar-refractivity contribution in [2.75, 3.05) is 13.1 Å². The largest absolute Gasteiger partial charge is 0.353 e. The van der Waals surface area contributed by atoms with E-state index in [1.165, 1.54) is 24.8 Å². The number of aromatic nitrogens is 2. The minimum Gasteiger partial charge on any atom is -0.353 e. The van der Waals surface area contributed by atoms with E-state index in [1.54, 1.807) is 0 Å². The molecule has 1 aliphatic carbocycles. The van der Waals surface area contributed by atoms with E-state index in [4.69, 9.17) is 4.98 Å². The van der Waals surface area contributed by atoms with Crippen LogP contribution in [-0.2, 0) is 11.3 Å². The highest BCUT2D eigenvalue weighted by Gasteiger charge is 2.28. The van der Waals surface area contributed by atoms with Crippen LogP contribution in [0.5, 0.6) is 0 Å². The lowest BCUT2D eigenvalue weighted by atomic mass is 9.93. The number of carbonyl (C=O) groups excluding carboxylic acids is 1. The number of piperidine rings is 1. The molecule has 0 spiro atoms. The maximum atomic E-state index is 12.8. The van der Waals surface area contributed by atoms with Crippen LogP contribution in [0.3, 0.4) is 0 Å². The molecule has 28 heavy (non-hydrogen) atoms. The Kier molecular flexibility index (Phi) is 6.00. The van der Waals surface area contributed by atoms with Crippen molar-refractivity contribution < 1.29 is 4.79 Å². The Hall–Kier alpha value is -1.88. The molecule has 1 N–H and O–H groups in total. The Bertz CT molecular complexity index is 806. The minimum absolute atomic E-state index is 0.118. The molecule has 5 heteroatoms. The highest BCUT2D eigenvalue weighted by Crippen LogP contribution is 2.25. The summed E-state index contributed by atoms with van der Waals surface area (Å²) in [4.78, 5) is 20.2. The van der Waals surface area contributed by atoms with Gasteiger partial charge in [0, 0.05) is 18.6 Å². The van der Waals surface area contributed by atoms with E-state index in [9.17, 15) is 4.79 Å². The molecule has 1 amide bonds. The molecule has 0 unspecified atom stereocenters. The second-order valence-corrected chi connectivity index (χ2v) is 8.90. The molecule has 0 bridgehead atoms. The van der Waals surface area contributed by atoms with Gasteiger partial charge in [0.05, 0.1) is 23.5 Å². The molecule has 1 atom stereocenters. The molecule has 1 saturated carbocycles. The van der Waals surface area contributed by atoms with Crippen molar-refractivity contribution in [1.29, 1.82) is 0 Å². The lowest BCUT2D eigenvalue weighted by Gasteiger charge is -2.33. The zero-order valence-electron chi connectivity index (χ0n) is 17.4. The number of hydrogen-bond acceptors (Lipinski definition) is 3. The molecule has 2 heterocycles. The van der Waals surface area contributed by atoms with Crippen LogP contribution in [0.1, 0.15) is 70.7 Å². The molecule has 4 rings (SSSR count). The highest BCUT2D eigenvalue weighted by molar-refractivity contribution is 5.79. The summed E-state index contributed by atoms with van der Waals surface area (Å²) in [5.41, 5.74) is 2.27. The normalized spacial score (nSPS) is 22.0. The molecule has 2 aliphatic rings. The third-order valence-corrected chi connectivity index (χ3v) is 6.38. The van der Waals surface area contributed by atoms with Crippen molar-refractivity contribution in [3.05, 3.63) is 30.1 Å². The Morgan fingerprint density at radius 3 is 2.71 bits per heavy atom. The van der Waals surface area contributed by atoms with Crippen LogP contribution in [0.15, 0.2) is 24.3 Å². The number of imidazole rings is 1. The van der Waals surface area contributed by atoms with Crippen LogP contribution in [0.2, 0.25) is 0 Å². The van der Waals surface area contributed by atoms with Gasteiger partial charge in [-0.05, 0) is 58.2 Å². The summed E-state index contributed by atoms with van der Waals surface area (Å²) in [7, 11) is 0. The van der Waals surface area contributed by atoms with Crippen molar-refractivity contribution in [1.82, 2.24) is 19.8 Å². The zero-order chi connectivity index (χ0) is 19.5. The smallest absolute Gasteiger partial charge is 0.224 e. The fourth-order valence-electron chi connectivity index (χ4n) is 4.96. The van der Waals surface area contributed by atoms with Crippen LogP contribution in [0.25, 0.3) is 11.0 Å². The number of benzene rings is 1. The number of hydrogen-bond donors (Lipinski definition) is 1. The number of fused-ring (bicyclic) bond motifs is 1. The number of rotatable bonds is 5. The second kappa shape index (κ2) is 8.64. The number of amides is 1.